The van der Waals surface area contributed by atoms with Crippen LogP contribution in [0.3, 0.4) is 0 Å². The molecule has 1 aliphatic rings. The fourth-order valence-corrected chi connectivity index (χ4v) is 3.87. The van der Waals surface area contributed by atoms with Crippen molar-refractivity contribution in [2.24, 2.45) is 0 Å². The summed E-state index contributed by atoms with van der Waals surface area (Å²) in [6.45, 7) is 10.4. The molecule has 1 N–H and O–H groups in total. The molecule has 1 aliphatic carbocycles. The number of ketones is 1. The zero-order valence-corrected chi connectivity index (χ0v) is 18.0. The Morgan fingerprint density at radius 3 is 1.79 bits per heavy atom. The van der Waals surface area contributed by atoms with E-state index in [0.29, 0.717) is 11.3 Å². The third kappa shape index (κ3) is 3.80. The highest BCUT2D eigenvalue weighted by molar-refractivity contribution is 6.09. The molecule has 4 rings (SSSR count). The Kier molecular flexibility index (Phi) is 5.83. The number of fused-ring (bicyclic) bond motifs is 3. The van der Waals surface area contributed by atoms with Gasteiger partial charge in [0.25, 0.3) is 0 Å². The van der Waals surface area contributed by atoms with E-state index >= 15 is 0 Å². The Labute approximate surface area is 174 Å². The Balaban J connectivity index is 0.000000755. The van der Waals surface area contributed by atoms with Crippen molar-refractivity contribution in [3.05, 3.63) is 94.5 Å². The van der Waals surface area contributed by atoms with Crippen molar-refractivity contribution < 1.29 is 4.79 Å². The van der Waals surface area contributed by atoms with Gasteiger partial charge in [0.05, 0.1) is 0 Å². The van der Waals surface area contributed by atoms with Crippen molar-refractivity contribution in [1.82, 2.24) is 0 Å². The van der Waals surface area contributed by atoms with Crippen LogP contribution in [0.5, 0.6) is 0 Å². The van der Waals surface area contributed by atoms with Gasteiger partial charge in [-0.15, -0.1) is 0 Å². The largest absolute Gasteiger partial charge is 0.305 e. The fourth-order valence-electron chi connectivity index (χ4n) is 3.87. The number of nitrogens with one attached hydrogen (secondary N) is 1. The molecule has 29 heavy (non-hydrogen) atoms. The first kappa shape index (κ1) is 20.7. The van der Waals surface area contributed by atoms with Crippen LogP contribution < -0.4 is 0 Å². The number of carbonyl (C=O) groups is 1. The zero-order chi connectivity index (χ0) is 21.2. The molecule has 0 aliphatic heterocycles. The normalized spacial score (nSPS) is 13.0. The highest BCUT2D eigenvalue weighted by atomic mass is 16.1. The van der Waals surface area contributed by atoms with E-state index in [2.05, 4.69) is 45.9 Å². The van der Waals surface area contributed by atoms with Gasteiger partial charge in [-0.3, -0.25) is 4.79 Å². The molecule has 0 atom stereocenters. The standard InChI is InChI=1S/C24H21NO.C3H8/c1-15(25)17-9-11-19-20-12-10-18(23(26)16-7-5-4-6-8-16)14-22(20)24(2,3)21(19)13-17;1-3-2/h4-14,25H,1-3H3;3H2,1-2H3. The molecule has 2 nitrogen and oxygen atoms in total. The van der Waals surface area contributed by atoms with E-state index in [1.165, 1.54) is 28.7 Å². The molecule has 148 valence electrons. The molecule has 3 aromatic rings. The molecular weight excluding hydrogens is 354 g/mol. The van der Waals surface area contributed by atoms with Crippen LogP contribution in [0.1, 0.15) is 73.7 Å². The van der Waals surface area contributed by atoms with E-state index in [1.54, 1.807) is 0 Å². The molecule has 0 bridgehead atoms. The lowest BCUT2D eigenvalue weighted by Crippen LogP contribution is -2.16. The van der Waals surface area contributed by atoms with Crippen LogP contribution in [0.15, 0.2) is 66.7 Å². The molecule has 3 aromatic carbocycles. The number of rotatable bonds is 3. The van der Waals surface area contributed by atoms with Gasteiger partial charge in [0, 0.05) is 22.3 Å². The molecule has 0 spiro atoms. The summed E-state index contributed by atoms with van der Waals surface area (Å²) in [5, 5.41) is 7.93. The third-order valence-corrected chi connectivity index (χ3v) is 5.41. The third-order valence-electron chi connectivity index (χ3n) is 5.41. The van der Waals surface area contributed by atoms with Crippen molar-refractivity contribution in [2.45, 2.75) is 46.5 Å². The van der Waals surface area contributed by atoms with Gasteiger partial charge in [-0.2, -0.15) is 0 Å². The highest BCUT2D eigenvalue weighted by Gasteiger charge is 2.36. The molecule has 0 saturated carbocycles. The average Bonchev–Trinajstić information content (AvgIpc) is 2.95. The predicted octanol–water partition coefficient (Wildman–Crippen LogP) is 7.03. The Hall–Kier alpha value is -3.00. The van der Waals surface area contributed by atoms with E-state index in [0.717, 1.165) is 11.1 Å². The Morgan fingerprint density at radius 1 is 0.793 bits per heavy atom. The molecule has 0 aromatic heterocycles. The summed E-state index contributed by atoms with van der Waals surface area (Å²) < 4.78 is 0. The van der Waals surface area contributed by atoms with Gasteiger partial charge in [0.15, 0.2) is 5.78 Å². The van der Waals surface area contributed by atoms with Gasteiger partial charge in [0.1, 0.15) is 0 Å². The van der Waals surface area contributed by atoms with E-state index in [1.807, 2.05) is 55.5 Å². The van der Waals surface area contributed by atoms with Crippen LogP contribution in [0, 0.1) is 5.41 Å². The molecular formula is C27H29NO. The molecule has 0 fully saturated rings. The lowest BCUT2D eigenvalue weighted by atomic mass is 9.81. The van der Waals surface area contributed by atoms with Crippen LogP contribution in [0.4, 0.5) is 0 Å². The average molecular weight is 384 g/mol. The SMILES string of the molecule is CC(=N)c1ccc2c(c1)C(C)(C)c1cc(C(=O)c3ccccc3)ccc1-2.CCC. The summed E-state index contributed by atoms with van der Waals surface area (Å²) in [5.41, 5.74) is 7.54. The number of carbonyl (C=O) groups excluding carboxylic acids is 1. The number of hydrogen-bond donors (Lipinski definition) is 1. The second-order valence-electron chi connectivity index (χ2n) is 8.17. The predicted molar refractivity (Wildman–Crippen MR) is 122 cm³/mol. The summed E-state index contributed by atoms with van der Waals surface area (Å²) in [5.74, 6) is 0.0520. The van der Waals surface area contributed by atoms with Crippen LogP contribution in [-0.2, 0) is 5.41 Å². The van der Waals surface area contributed by atoms with Crippen molar-refractivity contribution in [1.29, 1.82) is 5.41 Å². The fraction of sp³-hybridized carbons (Fsp3) is 0.259. The minimum Gasteiger partial charge on any atom is -0.305 e. The maximum atomic E-state index is 12.8. The van der Waals surface area contributed by atoms with Gasteiger partial charge in [-0.05, 0) is 46.9 Å². The monoisotopic (exact) mass is 383 g/mol. The minimum absolute atomic E-state index is 0.0520. The van der Waals surface area contributed by atoms with E-state index in [9.17, 15) is 4.79 Å². The molecule has 0 heterocycles. The van der Waals surface area contributed by atoms with Crippen LogP contribution in [0.25, 0.3) is 11.1 Å². The number of hydrogen-bond acceptors (Lipinski definition) is 2. The molecule has 2 heteroatoms. The molecule has 0 unspecified atom stereocenters. The Bertz CT molecular complexity index is 1060. The second-order valence-corrected chi connectivity index (χ2v) is 8.17. The Morgan fingerprint density at radius 2 is 1.28 bits per heavy atom. The first-order chi connectivity index (χ1) is 13.8. The molecule has 0 saturated heterocycles. The first-order valence-electron chi connectivity index (χ1n) is 10.3. The minimum atomic E-state index is -0.191. The van der Waals surface area contributed by atoms with Crippen molar-refractivity contribution in [2.75, 3.05) is 0 Å². The zero-order valence-electron chi connectivity index (χ0n) is 18.0. The van der Waals surface area contributed by atoms with Crippen molar-refractivity contribution in [3.8, 4) is 11.1 Å². The highest BCUT2D eigenvalue weighted by Crippen LogP contribution is 2.49. The smallest absolute Gasteiger partial charge is 0.193 e. The summed E-state index contributed by atoms with van der Waals surface area (Å²) >= 11 is 0. The van der Waals surface area contributed by atoms with E-state index in [-0.39, 0.29) is 11.2 Å². The summed E-state index contributed by atoms with van der Waals surface area (Å²) in [6.07, 6.45) is 1.25. The topological polar surface area (TPSA) is 40.9 Å². The van der Waals surface area contributed by atoms with E-state index < -0.39 is 0 Å². The number of benzene rings is 3. The lowest BCUT2D eigenvalue weighted by molar-refractivity contribution is 0.103. The first-order valence-corrected chi connectivity index (χ1v) is 10.3. The van der Waals surface area contributed by atoms with Gasteiger partial charge >= 0.3 is 0 Å². The van der Waals surface area contributed by atoms with E-state index in [4.69, 9.17) is 5.41 Å². The lowest BCUT2D eigenvalue weighted by Gasteiger charge is -2.22. The maximum absolute atomic E-state index is 12.8. The van der Waals surface area contributed by atoms with Crippen LogP contribution in [-0.4, -0.2) is 11.5 Å². The van der Waals surface area contributed by atoms with Crippen molar-refractivity contribution >= 4 is 11.5 Å². The van der Waals surface area contributed by atoms with Gasteiger partial charge < -0.3 is 5.41 Å². The quantitative estimate of drug-likeness (QED) is 0.383. The van der Waals surface area contributed by atoms with Gasteiger partial charge in [-0.1, -0.05) is 88.7 Å². The molecule has 0 amide bonds. The summed E-state index contributed by atoms with van der Waals surface area (Å²) in [7, 11) is 0. The van der Waals surface area contributed by atoms with Crippen molar-refractivity contribution in [3.63, 3.8) is 0 Å². The summed E-state index contributed by atoms with van der Waals surface area (Å²) in [6, 6.07) is 21.7. The van der Waals surface area contributed by atoms with Crippen LogP contribution >= 0.6 is 0 Å². The maximum Gasteiger partial charge on any atom is 0.193 e. The van der Waals surface area contributed by atoms with Gasteiger partial charge in [0.2, 0.25) is 0 Å². The molecule has 0 radical (unpaired) electrons. The second kappa shape index (κ2) is 8.16. The van der Waals surface area contributed by atoms with Crippen LogP contribution in [0.2, 0.25) is 0 Å². The van der Waals surface area contributed by atoms with Gasteiger partial charge in [-0.25, -0.2) is 0 Å². The summed E-state index contributed by atoms with van der Waals surface area (Å²) in [4.78, 5) is 12.8.